The third kappa shape index (κ3) is 3.43. The van der Waals surface area contributed by atoms with E-state index in [1.54, 1.807) is 43.3 Å². The second kappa shape index (κ2) is 6.96. The van der Waals surface area contributed by atoms with E-state index in [9.17, 15) is 9.59 Å². The number of esters is 1. The maximum absolute atomic E-state index is 12.3. The molecule has 0 saturated carbocycles. The van der Waals surface area contributed by atoms with E-state index < -0.39 is 5.97 Å². The minimum Gasteiger partial charge on any atom is -0.461 e. The number of hydrogen-bond acceptors (Lipinski definition) is 3. The van der Waals surface area contributed by atoms with E-state index in [1.807, 2.05) is 30.3 Å². The lowest BCUT2D eigenvalue weighted by molar-refractivity contribution is 0.0520. The zero-order valence-corrected chi connectivity index (χ0v) is 13.3. The molecule has 1 aromatic heterocycles. The molecule has 120 valence electrons. The molecule has 2 aromatic carbocycles. The lowest BCUT2D eigenvalue weighted by atomic mass is 10.1. The molecule has 0 radical (unpaired) electrons. The van der Waals surface area contributed by atoms with Crippen molar-refractivity contribution >= 4 is 28.7 Å². The molecule has 3 rings (SSSR count). The Labute approximate surface area is 139 Å². The number of aromatic nitrogens is 1. The number of nitrogens with one attached hydrogen (secondary N) is 1. The largest absolute Gasteiger partial charge is 0.461 e. The number of benzene rings is 2. The molecule has 0 atom stereocenters. The van der Waals surface area contributed by atoms with Crippen molar-refractivity contribution in [3.05, 3.63) is 77.5 Å². The van der Waals surface area contributed by atoms with Gasteiger partial charge in [-0.05, 0) is 42.8 Å². The van der Waals surface area contributed by atoms with Gasteiger partial charge < -0.3 is 9.72 Å². The molecule has 0 spiro atoms. The van der Waals surface area contributed by atoms with Crippen molar-refractivity contribution in [2.45, 2.75) is 6.92 Å². The van der Waals surface area contributed by atoms with Crippen molar-refractivity contribution in [3.8, 4) is 0 Å². The maximum atomic E-state index is 12.3. The maximum Gasteiger partial charge on any atom is 0.354 e. The summed E-state index contributed by atoms with van der Waals surface area (Å²) in [5.41, 5.74) is 2.72. The minimum absolute atomic E-state index is 0.0837. The minimum atomic E-state index is -0.398. The summed E-state index contributed by atoms with van der Waals surface area (Å²) in [6, 6.07) is 16.7. The molecule has 0 aliphatic carbocycles. The summed E-state index contributed by atoms with van der Waals surface area (Å²) < 4.78 is 4.97. The van der Waals surface area contributed by atoms with Crippen LogP contribution < -0.4 is 0 Å². The Morgan fingerprint density at radius 3 is 2.62 bits per heavy atom. The molecule has 0 amide bonds. The summed E-state index contributed by atoms with van der Waals surface area (Å²) in [7, 11) is 0. The zero-order chi connectivity index (χ0) is 16.9. The Morgan fingerprint density at radius 2 is 1.88 bits per heavy atom. The Kier molecular flexibility index (Phi) is 4.57. The summed E-state index contributed by atoms with van der Waals surface area (Å²) >= 11 is 0. The van der Waals surface area contributed by atoms with Crippen LogP contribution in [0.3, 0.4) is 0 Å². The molecule has 0 saturated heterocycles. The van der Waals surface area contributed by atoms with Crippen LogP contribution in [0.2, 0.25) is 0 Å². The second-order valence-electron chi connectivity index (χ2n) is 5.31. The summed E-state index contributed by atoms with van der Waals surface area (Å²) in [5, 5.41) is 0.803. The van der Waals surface area contributed by atoms with Gasteiger partial charge in [-0.3, -0.25) is 4.79 Å². The highest BCUT2D eigenvalue weighted by Gasteiger charge is 2.11. The van der Waals surface area contributed by atoms with E-state index in [0.29, 0.717) is 17.9 Å². The molecular weight excluding hydrogens is 302 g/mol. The van der Waals surface area contributed by atoms with Crippen LogP contribution in [-0.4, -0.2) is 23.3 Å². The van der Waals surface area contributed by atoms with Gasteiger partial charge in [0.1, 0.15) is 5.69 Å². The Bertz CT molecular complexity index is 907. The van der Waals surface area contributed by atoms with Gasteiger partial charge in [0.15, 0.2) is 5.78 Å². The monoisotopic (exact) mass is 319 g/mol. The predicted octanol–water partition coefficient (Wildman–Crippen LogP) is 4.24. The Hall–Kier alpha value is -3.14. The number of aromatic amines is 1. The number of carbonyl (C=O) groups excluding carboxylic acids is 2. The van der Waals surface area contributed by atoms with Gasteiger partial charge in [-0.1, -0.05) is 36.4 Å². The van der Waals surface area contributed by atoms with Crippen molar-refractivity contribution in [2.75, 3.05) is 6.61 Å². The van der Waals surface area contributed by atoms with Crippen molar-refractivity contribution in [1.29, 1.82) is 0 Å². The van der Waals surface area contributed by atoms with Gasteiger partial charge in [0.05, 0.1) is 6.61 Å². The average molecular weight is 319 g/mol. The third-order valence-corrected chi connectivity index (χ3v) is 3.63. The average Bonchev–Trinajstić information content (AvgIpc) is 3.04. The predicted molar refractivity (Wildman–Crippen MR) is 94.1 cm³/mol. The third-order valence-electron chi connectivity index (χ3n) is 3.63. The van der Waals surface area contributed by atoms with Crippen molar-refractivity contribution < 1.29 is 14.3 Å². The number of hydrogen-bond donors (Lipinski definition) is 1. The van der Waals surface area contributed by atoms with Gasteiger partial charge in [0, 0.05) is 16.5 Å². The van der Waals surface area contributed by atoms with Crippen LogP contribution in [0.15, 0.2) is 60.7 Å². The van der Waals surface area contributed by atoms with Crippen LogP contribution in [0.4, 0.5) is 0 Å². The van der Waals surface area contributed by atoms with E-state index in [0.717, 1.165) is 16.5 Å². The Balaban J connectivity index is 1.83. The fourth-order valence-electron chi connectivity index (χ4n) is 2.44. The van der Waals surface area contributed by atoms with Crippen LogP contribution in [0.5, 0.6) is 0 Å². The van der Waals surface area contributed by atoms with Crippen molar-refractivity contribution in [3.63, 3.8) is 0 Å². The summed E-state index contributed by atoms with van der Waals surface area (Å²) in [6.45, 7) is 2.08. The molecule has 0 aliphatic heterocycles. The smallest absolute Gasteiger partial charge is 0.354 e. The van der Waals surface area contributed by atoms with Crippen LogP contribution in [0.1, 0.15) is 33.3 Å². The van der Waals surface area contributed by atoms with Gasteiger partial charge in [0.25, 0.3) is 0 Å². The van der Waals surface area contributed by atoms with E-state index in [2.05, 4.69) is 4.98 Å². The number of ether oxygens (including phenoxy) is 1. The number of fused-ring (bicyclic) bond motifs is 1. The lowest BCUT2D eigenvalue weighted by Gasteiger charge is -1.97. The normalized spacial score (nSPS) is 11.0. The second-order valence-corrected chi connectivity index (χ2v) is 5.31. The fraction of sp³-hybridized carbons (Fsp3) is 0.100. The van der Waals surface area contributed by atoms with Gasteiger partial charge in [0.2, 0.25) is 0 Å². The molecule has 1 heterocycles. The van der Waals surface area contributed by atoms with E-state index in [-0.39, 0.29) is 5.78 Å². The van der Waals surface area contributed by atoms with Gasteiger partial charge in [-0.25, -0.2) is 4.79 Å². The number of H-pyrrole nitrogens is 1. The van der Waals surface area contributed by atoms with Crippen LogP contribution in [0, 0.1) is 0 Å². The molecule has 3 aromatic rings. The first-order valence-corrected chi connectivity index (χ1v) is 7.74. The van der Waals surface area contributed by atoms with Crippen molar-refractivity contribution in [1.82, 2.24) is 4.98 Å². The lowest BCUT2D eigenvalue weighted by Crippen LogP contribution is -2.04. The molecule has 24 heavy (non-hydrogen) atoms. The topological polar surface area (TPSA) is 59.2 Å². The molecule has 1 N–H and O–H groups in total. The SMILES string of the molecule is CCOC(=O)c1cc2cc(C(=O)/C=C/c3ccccc3)ccc2[nH]1. The summed E-state index contributed by atoms with van der Waals surface area (Å²) in [4.78, 5) is 27.1. The molecule has 0 fully saturated rings. The molecule has 0 bridgehead atoms. The molecule has 4 heteroatoms. The Morgan fingerprint density at radius 1 is 1.08 bits per heavy atom. The summed E-state index contributed by atoms with van der Waals surface area (Å²) in [6.07, 6.45) is 3.34. The quantitative estimate of drug-likeness (QED) is 0.435. The highest BCUT2D eigenvalue weighted by Crippen LogP contribution is 2.19. The van der Waals surface area contributed by atoms with E-state index in [1.165, 1.54) is 0 Å². The molecule has 0 unspecified atom stereocenters. The first kappa shape index (κ1) is 15.7. The number of ketones is 1. The highest BCUT2D eigenvalue weighted by atomic mass is 16.5. The van der Waals surface area contributed by atoms with Gasteiger partial charge in [-0.15, -0.1) is 0 Å². The first-order chi connectivity index (χ1) is 11.7. The molecule has 0 aliphatic rings. The summed E-state index contributed by atoms with van der Waals surface area (Å²) in [5.74, 6) is -0.481. The van der Waals surface area contributed by atoms with Crippen LogP contribution >= 0.6 is 0 Å². The van der Waals surface area contributed by atoms with E-state index in [4.69, 9.17) is 4.74 Å². The highest BCUT2D eigenvalue weighted by molar-refractivity contribution is 6.09. The van der Waals surface area contributed by atoms with Gasteiger partial charge >= 0.3 is 5.97 Å². The van der Waals surface area contributed by atoms with E-state index >= 15 is 0 Å². The number of carbonyl (C=O) groups is 2. The van der Waals surface area contributed by atoms with Crippen LogP contribution in [-0.2, 0) is 4.74 Å². The number of rotatable bonds is 5. The zero-order valence-electron chi connectivity index (χ0n) is 13.3. The standard InChI is InChI=1S/C20H17NO3/c1-2-24-20(23)18-13-16-12-15(9-10-17(16)21-18)19(22)11-8-14-6-4-3-5-7-14/h3-13,21H,2H2,1H3/b11-8+. The number of allylic oxidation sites excluding steroid dienone is 1. The van der Waals surface area contributed by atoms with Crippen LogP contribution in [0.25, 0.3) is 17.0 Å². The molecular formula is C20H17NO3. The van der Waals surface area contributed by atoms with Gasteiger partial charge in [-0.2, -0.15) is 0 Å². The molecule has 4 nitrogen and oxygen atoms in total. The first-order valence-electron chi connectivity index (χ1n) is 7.74. The van der Waals surface area contributed by atoms with Crippen molar-refractivity contribution in [2.24, 2.45) is 0 Å². The fourth-order valence-corrected chi connectivity index (χ4v) is 2.44.